The summed E-state index contributed by atoms with van der Waals surface area (Å²) in [5, 5.41) is 4.25. The van der Waals surface area contributed by atoms with E-state index >= 15 is 0 Å². The van der Waals surface area contributed by atoms with Crippen LogP contribution in [0.5, 0.6) is 0 Å². The van der Waals surface area contributed by atoms with E-state index < -0.39 is 0 Å². The molecule has 4 heterocycles. The van der Waals surface area contributed by atoms with Crippen LogP contribution in [0.4, 0.5) is 11.6 Å². The fourth-order valence-corrected chi connectivity index (χ4v) is 2.84. The molecule has 4 rings (SSSR count). The topological polar surface area (TPSA) is 75.9 Å². The smallest absolute Gasteiger partial charge is 0.159 e. The number of anilines is 2. The molecule has 0 amide bonds. The number of hydrogen-bond acceptors (Lipinski definition) is 7. The van der Waals surface area contributed by atoms with Crippen molar-refractivity contribution in [3.63, 3.8) is 0 Å². The van der Waals surface area contributed by atoms with Crippen LogP contribution in [-0.2, 0) is 0 Å². The third kappa shape index (κ3) is 2.90. The van der Waals surface area contributed by atoms with E-state index in [1.165, 1.54) is 0 Å². The highest BCUT2D eigenvalue weighted by Crippen LogP contribution is 2.19. The molecule has 0 radical (unpaired) electrons. The van der Waals surface area contributed by atoms with Gasteiger partial charge in [0.25, 0.3) is 0 Å². The summed E-state index contributed by atoms with van der Waals surface area (Å²) in [4.78, 5) is 22.1. The Labute approximate surface area is 139 Å². The van der Waals surface area contributed by atoms with Gasteiger partial charge in [-0.2, -0.15) is 5.10 Å². The van der Waals surface area contributed by atoms with Gasteiger partial charge in [-0.1, -0.05) is 0 Å². The van der Waals surface area contributed by atoms with E-state index in [0.717, 1.165) is 49.5 Å². The Kier molecular flexibility index (Phi) is 3.78. The van der Waals surface area contributed by atoms with Crippen molar-refractivity contribution < 1.29 is 0 Å². The minimum absolute atomic E-state index is 0.745. The zero-order chi connectivity index (χ0) is 16.4. The summed E-state index contributed by atoms with van der Waals surface area (Å²) >= 11 is 0. The first-order valence-electron chi connectivity index (χ1n) is 7.91. The van der Waals surface area contributed by atoms with Gasteiger partial charge in [-0.05, 0) is 13.0 Å². The molecule has 0 atom stereocenters. The Balaban J connectivity index is 1.51. The SMILES string of the molecule is Cc1nc(N2CCN(c3cnccn3)CC2)cc(-n2cccn2)n1. The maximum absolute atomic E-state index is 4.59. The van der Waals surface area contributed by atoms with E-state index in [9.17, 15) is 0 Å². The molecule has 1 aliphatic rings. The molecule has 0 spiro atoms. The lowest BCUT2D eigenvalue weighted by Crippen LogP contribution is -2.47. The van der Waals surface area contributed by atoms with Crippen molar-refractivity contribution >= 4 is 11.6 Å². The zero-order valence-corrected chi connectivity index (χ0v) is 13.4. The first kappa shape index (κ1) is 14.6. The van der Waals surface area contributed by atoms with Crippen LogP contribution >= 0.6 is 0 Å². The molecule has 24 heavy (non-hydrogen) atoms. The van der Waals surface area contributed by atoms with Gasteiger partial charge < -0.3 is 9.80 Å². The zero-order valence-electron chi connectivity index (χ0n) is 13.4. The van der Waals surface area contributed by atoms with Gasteiger partial charge in [0.2, 0.25) is 0 Å². The van der Waals surface area contributed by atoms with Gasteiger partial charge in [-0.3, -0.25) is 4.98 Å². The molecule has 8 heteroatoms. The Morgan fingerprint density at radius 3 is 2.29 bits per heavy atom. The summed E-state index contributed by atoms with van der Waals surface area (Å²) in [6, 6.07) is 3.87. The fraction of sp³-hybridized carbons (Fsp3) is 0.312. The summed E-state index contributed by atoms with van der Waals surface area (Å²) in [5.41, 5.74) is 0. The van der Waals surface area contributed by atoms with Gasteiger partial charge in [-0.15, -0.1) is 0 Å². The third-order valence-corrected chi connectivity index (χ3v) is 4.03. The minimum Gasteiger partial charge on any atom is -0.353 e. The second-order valence-corrected chi connectivity index (χ2v) is 5.62. The van der Waals surface area contributed by atoms with Crippen LogP contribution in [0.1, 0.15) is 5.82 Å². The molecule has 0 saturated carbocycles. The van der Waals surface area contributed by atoms with Crippen LogP contribution in [0.15, 0.2) is 43.1 Å². The lowest BCUT2D eigenvalue weighted by Gasteiger charge is -2.36. The van der Waals surface area contributed by atoms with Crippen LogP contribution in [0.3, 0.4) is 0 Å². The summed E-state index contributed by atoms with van der Waals surface area (Å²) in [6.45, 7) is 5.45. The maximum atomic E-state index is 4.59. The number of aromatic nitrogens is 6. The molecular weight excluding hydrogens is 304 g/mol. The summed E-state index contributed by atoms with van der Waals surface area (Å²) in [7, 11) is 0. The van der Waals surface area contributed by atoms with Crippen LogP contribution in [0.25, 0.3) is 5.82 Å². The van der Waals surface area contributed by atoms with Crippen molar-refractivity contribution in [2.24, 2.45) is 0 Å². The number of aryl methyl sites for hydroxylation is 1. The number of hydrogen-bond donors (Lipinski definition) is 0. The number of nitrogens with zero attached hydrogens (tertiary/aromatic N) is 8. The predicted octanol–water partition coefficient (Wildman–Crippen LogP) is 1.09. The molecule has 0 unspecified atom stereocenters. The Morgan fingerprint density at radius 1 is 0.875 bits per heavy atom. The Hall–Kier alpha value is -3.03. The number of piperazine rings is 1. The maximum Gasteiger partial charge on any atom is 0.159 e. The van der Waals surface area contributed by atoms with Gasteiger partial charge in [0.15, 0.2) is 5.82 Å². The van der Waals surface area contributed by atoms with Gasteiger partial charge in [0.05, 0.1) is 6.20 Å². The quantitative estimate of drug-likeness (QED) is 0.714. The second kappa shape index (κ2) is 6.23. The first-order valence-corrected chi connectivity index (χ1v) is 7.91. The molecule has 0 N–H and O–H groups in total. The van der Waals surface area contributed by atoms with E-state index in [0.29, 0.717) is 0 Å². The highest BCUT2D eigenvalue weighted by molar-refractivity contribution is 5.47. The van der Waals surface area contributed by atoms with Gasteiger partial charge in [-0.25, -0.2) is 19.6 Å². The van der Waals surface area contributed by atoms with Crippen LogP contribution in [-0.4, -0.2) is 55.9 Å². The summed E-state index contributed by atoms with van der Waals surface area (Å²) < 4.78 is 1.76. The fourth-order valence-electron chi connectivity index (χ4n) is 2.84. The molecule has 1 fully saturated rings. The molecule has 0 bridgehead atoms. The van der Waals surface area contributed by atoms with Crippen LogP contribution in [0.2, 0.25) is 0 Å². The Bertz CT molecular complexity index is 794. The standard InChI is InChI=1S/C16H18N8/c1-13-20-14(11-15(21-13)24-6-2-3-19-24)22-7-9-23(10-8-22)16-12-17-4-5-18-16/h2-6,11-12H,7-10H2,1H3. The normalized spacial score (nSPS) is 14.9. The van der Waals surface area contributed by atoms with Crippen molar-refractivity contribution in [1.29, 1.82) is 0 Å². The lowest BCUT2D eigenvalue weighted by atomic mass is 10.3. The molecule has 122 valence electrons. The van der Waals surface area contributed by atoms with E-state index in [4.69, 9.17) is 0 Å². The molecule has 3 aromatic rings. The monoisotopic (exact) mass is 322 g/mol. The van der Waals surface area contributed by atoms with Gasteiger partial charge in [0.1, 0.15) is 17.5 Å². The lowest BCUT2D eigenvalue weighted by molar-refractivity contribution is 0.638. The predicted molar refractivity (Wildman–Crippen MR) is 90.3 cm³/mol. The van der Waals surface area contributed by atoms with Crippen molar-refractivity contribution in [3.05, 3.63) is 48.9 Å². The largest absolute Gasteiger partial charge is 0.353 e. The molecule has 1 aliphatic heterocycles. The first-order chi connectivity index (χ1) is 11.8. The average Bonchev–Trinajstić information content (AvgIpc) is 3.17. The highest BCUT2D eigenvalue weighted by atomic mass is 15.3. The molecule has 3 aromatic heterocycles. The number of rotatable bonds is 3. The van der Waals surface area contributed by atoms with E-state index in [1.807, 2.05) is 25.3 Å². The summed E-state index contributed by atoms with van der Waals surface area (Å²) in [5.74, 6) is 3.40. The molecule has 1 saturated heterocycles. The average molecular weight is 322 g/mol. The van der Waals surface area contributed by atoms with Crippen molar-refractivity contribution in [1.82, 2.24) is 29.7 Å². The van der Waals surface area contributed by atoms with E-state index in [-0.39, 0.29) is 0 Å². The van der Waals surface area contributed by atoms with E-state index in [1.54, 1.807) is 29.5 Å². The van der Waals surface area contributed by atoms with Crippen LogP contribution < -0.4 is 9.80 Å². The summed E-state index contributed by atoms with van der Waals surface area (Å²) in [6.07, 6.45) is 8.86. The van der Waals surface area contributed by atoms with Crippen molar-refractivity contribution in [2.75, 3.05) is 36.0 Å². The highest BCUT2D eigenvalue weighted by Gasteiger charge is 2.20. The van der Waals surface area contributed by atoms with Gasteiger partial charge >= 0.3 is 0 Å². The molecular formula is C16H18N8. The Morgan fingerprint density at radius 2 is 1.62 bits per heavy atom. The van der Waals surface area contributed by atoms with Crippen LogP contribution in [0, 0.1) is 6.92 Å². The molecule has 0 aliphatic carbocycles. The third-order valence-electron chi connectivity index (χ3n) is 4.03. The van der Waals surface area contributed by atoms with E-state index in [2.05, 4.69) is 34.8 Å². The molecule has 0 aromatic carbocycles. The molecule has 8 nitrogen and oxygen atoms in total. The van der Waals surface area contributed by atoms with Crippen molar-refractivity contribution in [2.45, 2.75) is 6.92 Å². The van der Waals surface area contributed by atoms with Gasteiger partial charge in [0, 0.05) is 57.0 Å². The second-order valence-electron chi connectivity index (χ2n) is 5.62. The minimum atomic E-state index is 0.745. The van der Waals surface area contributed by atoms with Crippen molar-refractivity contribution in [3.8, 4) is 5.82 Å².